The van der Waals surface area contributed by atoms with Crippen LogP contribution in [0, 0.1) is 28.6 Å². The van der Waals surface area contributed by atoms with Crippen LogP contribution < -0.4 is 0 Å². The molecule has 2 N–H and O–H groups in total. The number of allylic oxidation sites excluding steroid dienone is 1. The van der Waals surface area contributed by atoms with Gasteiger partial charge in [-0.25, -0.2) is 0 Å². The van der Waals surface area contributed by atoms with Crippen LogP contribution in [-0.2, 0) is 0 Å². The van der Waals surface area contributed by atoms with Gasteiger partial charge in [-0.2, -0.15) is 0 Å². The first kappa shape index (κ1) is 15.2. The first-order chi connectivity index (χ1) is 10.5. The third-order valence-electron chi connectivity index (χ3n) is 8.38. The zero-order valence-electron chi connectivity index (χ0n) is 14.2. The molecule has 4 aliphatic carbocycles. The number of hydrogen-bond acceptors (Lipinski definition) is 2. The summed E-state index contributed by atoms with van der Waals surface area (Å²) in [6.45, 7) is 4.72. The van der Waals surface area contributed by atoms with Crippen LogP contribution >= 0.6 is 0 Å². The molecule has 3 saturated carbocycles. The highest BCUT2D eigenvalue weighted by molar-refractivity contribution is 5.26. The SMILES string of the molecule is CC[C@]12CC[C@H](O)CC1=CCC1C2CC[C@@]2(C)C1CC[C@@H]2O. The fraction of sp³-hybridized carbons (Fsp3) is 0.900. The topological polar surface area (TPSA) is 40.5 Å². The van der Waals surface area contributed by atoms with Crippen LogP contribution in [0.15, 0.2) is 11.6 Å². The van der Waals surface area contributed by atoms with E-state index < -0.39 is 0 Å². The molecule has 0 spiro atoms. The highest BCUT2D eigenvalue weighted by Crippen LogP contribution is 2.65. The molecule has 0 aliphatic heterocycles. The Bertz CT molecular complexity index is 484. The molecule has 0 radical (unpaired) electrons. The van der Waals surface area contributed by atoms with Crippen LogP contribution in [0.2, 0.25) is 0 Å². The number of rotatable bonds is 1. The van der Waals surface area contributed by atoms with Gasteiger partial charge in [0.05, 0.1) is 12.2 Å². The van der Waals surface area contributed by atoms with Gasteiger partial charge in [0.2, 0.25) is 0 Å². The average molecular weight is 304 g/mol. The standard InChI is InChI=1S/C20H32O2/c1-3-20-11-8-14(21)12-13(20)4-5-15-16-6-7-18(22)19(16,2)10-9-17(15)20/h4,14-18,21-22H,3,5-12H2,1-2H3/t14-,15?,16?,17?,18-,19-,20-/m0/s1. The summed E-state index contributed by atoms with van der Waals surface area (Å²) in [5, 5.41) is 20.6. The van der Waals surface area contributed by atoms with Crippen LogP contribution in [-0.4, -0.2) is 22.4 Å². The Morgan fingerprint density at radius 3 is 2.68 bits per heavy atom. The first-order valence-corrected chi connectivity index (χ1v) is 9.57. The Morgan fingerprint density at radius 1 is 1.09 bits per heavy atom. The average Bonchev–Trinajstić information content (AvgIpc) is 2.82. The van der Waals surface area contributed by atoms with Crippen LogP contribution in [0.25, 0.3) is 0 Å². The van der Waals surface area contributed by atoms with Gasteiger partial charge in [-0.15, -0.1) is 0 Å². The van der Waals surface area contributed by atoms with E-state index in [2.05, 4.69) is 19.9 Å². The van der Waals surface area contributed by atoms with Gasteiger partial charge >= 0.3 is 0 Å². The van der Waals surface area contributed by atoms with E-state index in [9.17, 15) is 10.2 Å². The lowest BCUT2D eigenvalue weighted by Crippen LogP contribution is -2.51. The van der Waals surface area contributed by atoms with E-state index in [4.69, 9.17) is 0 Å². The van der Waals surface area contributed by atoms with Gasteiger partial charge in [0.1, 0.15) is 0 Å². The second-order valence-electron chi connectivity index (χ2n) is 8.89. The summed E-state index contributed by atoms with van der Waals surface area (Å²) < 4.78 is 0. The van der Waals surface area contributed by atoms with Crippen molar-refractivity contribution < 1.29 is 10.2 Å². The molecule has 0 aromatic carbocycles. The van der Waals surface area contributed by atoms with E-state index in [-0.39, 0.29) is 17.6 Å². The molecule has 0 saturated heterocycles. The van der Waals surface area contributed by atoms with Crippen molar-refractivity contribution in [3.05, 3.63) is 11.6 Å². The Morgan fingerprint density at radius 2 is 1.91 bits per heavy atom. The molecule has 3 unspecified atom stereocenters. The minimum Gasteiger partial charge on any atom is -0.393 e. The normalized spacial score (nSPS) is 54.2. The van der Waals surface area contributed by atoms with E-state index in [0.717, 1.165) is 31.1 Å². The second kappa shape index (κ2) is 5.08. The van der Waals surface area contributed by atoms with Crippen LogP contribution in [0.4, 0.5) is 0 Å². The predicted molar refractivity (Wildman–Crippen MR) is 88.3 cm³/mol. The van der Waals surface area contributed by atoms with E-state index >= 15 is 0 Å². The first-order valence-electron chi connectivity index (χ1n) is 9.57. The molecule has 3 fully saturated rings. The van der Waals surface area contributed by atoms with Gasteiger partial charge in [0.25, 0.3) is 0 Å². The molecule has 4 aliphatic rings. The molecule has 7 atom stereocenters. The highest BCUT2D eigenvalue weighted by Gasteiger charge is 2.59. The maximum Gasteiger partial charge on any atom is 0.0596 e. The highest BCUT2D eigenvalue weighted by atomic mass is 16.3. The molecule has 124 valence electrons. The Balaban J connectivity index is 1.70. The summed E-state index contributed by atoms with van der Waals surface area (Å²) in [6, 6.07) is 0. The van der Waals surface area contributed by atoms with Gasteiger partial charge in [0, 0.05) is 0 Å². The van der Waals surface area contributed by atoms with Gasteiger partial charge in [-0.1, -0.05) is 25.5 Å². The largest absolute Gasteiger partial charge is 0.393 e. The van der Waals surface area contributed by atoms with Crippen LogP contribution in [0.5, 0.6) is 0 Å². The van der Waals surface area contributed by atoms with Crippen molar-refractivity contribution in [2.45, 2.75) is 83.8 Å². The molecule has 0 bridgehead atoms. The van der Waals surface area contributed by atoms with Gasteiger partial charge in [-0.05, 0) is 86.4 Å². The Hall–Kier alpha value is -0.340. The quantitative estimate of drug-likeness (QED) is 0.717. The second-order valence-corrected chi connectivity index (χ2v) is 8.89. The summed E-state index contributed by atoms with van der Waals surface area (Å²) in [7, 11) is 0. The lowest BCUT2D eigenvalue weighted by atomic mass is 9.47. The summed E-state index contributed by atoms with van der Waals surface area (Å²) in [5.74, 6) is 2.29. The van der Waals surface area contributed by atoms with Gasteiger partial charge < -0.3 is 10.2 Å². The summed E-state index contributed by atoms with van der Waals surface area (Å²) in [4.78, 5) is 0. The van der Waals surface area contributed by atoms with Crippen molar-refractivity contribution in [1.82, 2.24) is 0 Å². The van der Waals surface area contributed by atoms with Gasteiger partial charge in [-0.3, -0.25) is 0 Å². The molecule has 4 rings (SSSR count). The number of hydrogen-bond donors (Lipinski definition) is 2. The summed E-state index contributed by atoms with van der Waals surface area (Å²) >= 11 is 0. The minimum atomic E-state index is -0.107. The van der Waals surface area contributed by atoms with Crippen molar-refractivity contribution in [3.63, 3.8) is 0 Å². The molecule has 22 heavy (non-hydrogen) atoms. The number of aliphatic hydroxyl groups is 2. The smallest absolute Gasteiger partial charge is 0.0596 e. The fourth-order valence-corrected chi connectivity index (χ4v) is 7.07. The van der Waals surface area contributed by atoms with Gasteiger partial charge in [0.15, 0.2) is 0 Å². The van der Waals surface area contributed by atoms with Crippen molar-refractivity contribution in [2.24, 2.45) is 28.6 Å². The fourth-order valence-electron chi connectivity index (χ4n) is 7.07. The molecular weight excluding hydrogens is 272 g/mol. The lowest BCUT2D eigenvalue weighted by molar-refractivity contribution is -0.0769. The Labute approximate surface area is 135 Å². The van der Waals surface area contributed by atoms with Crippen molar-refractivity contribution >= 4 is 0 Å². The molecule has 0 aromatic heterocycles. The Kier molecular flexibility index (Phi) is 3.51. The predicted octanol–water partition coefficient (Wildman–Crippen LogP) is 4.06. The zero-order chi connectivity index (χ0) is 15.5. The summed E-state index contributed by atoms with van der Waals surface area (Å²) in [5.41, 5.74) is 2.13. The van der Waals surface area contributed by atoms with Crippen molar-refractivity contribution in [1.29, 1.82) is 0 Å². The van der Waals surface area contributed by atoms with Crippen LogP contribution in [0.1, 0.15) is 71.6 Å². The van der Waals surface area contributed by atoms with E-state index in [0.29, 0.717) is 11.3 Å². The van der Waals surface area contributed by atoms with E-state index in [1.54, 1.807) is 5.57 Å². The third kappa shape index (κ3) is 1.86. The van der Waals surface area contributed by atoms with Crippen molar-refractivity contribution in [3.8, 4) is 0 Å². The maximum absolute atomic E-state index is 10.5. The minimum absolute atomic E-state index is 0.0745. The van der Waals surface area contributed by atoms with E-state index in [1.165, 1.54) is 38.5 Å². The lowest BCUT2D eigenvalue weighted by Gasteiger charge is -2.58. The molecule has 0 amide bonds. The van der Waals surface area contributed by atoms with Crippen LogP contribution in [0.3, 0.4) is 0 Å². The molecular formula is C20H32O2. The zero-order valence-corrected chi connectivity index (χ0v) is 14.2. The summed E-state index contributed by atoms with van der Waals surface area (Å²) in [6.07, 6.45) is 12.6. The third-order valence-corrected chi connectivity index (χ3v) is 8.38. The molecule has 0 aromatic rings. The number of aliphatic hydroxyl groups excluding tert-OH is 2. The number of fused-ring (bicyclic) bond motifs is 5. The monoisotopic (exact) mass is 304 g/mol. The van der Waals surface area contributed by atoms with Crippen molar-refractivity contribution in [2.75, 3.05) is 0 Å². The molecule has 0 heterocycles. The molecule has 2 heteroatoms. The van der Waals surface area contributed by atoms with E-state index in [1.807, 2.05) is 0 Å². The maximum atomic E-state index is 10.5. The molecule has 2 nitrogen and oxygen atoms in total.